The molecule has 0 bridgehead atoms. The first-order valence-corrected chi connectivity index (χ1v) is 5.85. The van der Waals surface area contributed by atoms with Crippen molar-refractivity contribution in [2.45, 2.75) is 0 Å². The molecule has 0 fully saturated rings. The van der Waals surface area contributed by atoms with E-state index in [1.807, 2.05) is 19.0 Å². The summed E-state index contributed by atoms with van der Waals surface area (Å²) >= 11 is 0. The number of nitrogens with one attached hydrogen (secondary N) is 1. The molecule has 0 aliphatic rings. The van der Waals surface area contributed by atoms with Gasteiger partial charge >= 0.3 is 5.69 Å². The predicted octanol–water partition coefficient (Wildman–Crippen LogP) is -1.10. The summed E-state index contributed by atoms with van der Waals surface area (Å²) in [5.41, 5.74) is -0.255. The monoisotopic (exact) mass is 267 g/mol. The van der Waals surface area contributed by atoms with E-state index < -0.39 is 11.2 Å². The fraction of sp³-hybridized carbons (Fsp3) is 0.545. The Morgan fingerprint density at radius 2 is 1.95 bits per heavy atom. The van der Waals surface area contributed by atoms with Crippen LogP contribution in [0.1, 0.15) is 0 Å². The van der Waals surface area contributed by atoms with Crippen LogP contribution >= 0.6 is 0 Å². The van der Waals surface area contributed by atoms with Crippen LogP contribution in [0.3, 0.4) is 0 Å². The van der Waals surface area contributed by atoms with Gasteiger partial charge in [0.15, 0.2) is 11.2 Å². The number of hydrogen-bond acceptors (Lipinski definition) is 5. The zero-order chi connectivity index (χ0) is 14.2. The average Bonchev–Trinajstić information content (AvgIpc) is 2.77. The number of aromatic nitrogens is 4. The second-order valence-electron chi connectivity index (χ2n) is 4.60. The van der Waals surface area contributed by atoms with Gasteiger partial charge in [0.1, 0.15) is 6.61 Å². The minimum Gasteiger partial charge on any atom is -0.463 e. The third kappa shape index (κ3) is 2.39. The standard InChI is InChI=1S/C11H17N5O3/c1-14(2)5-6-19-10-12-7-8(13-10)15(3)11(18)16(4)9(7)17/h5-6H2,1-4H3,(H,12,13). The Labute approximate surface area is 109 Å². The highest BCUT2D eigenvalue weighted by atomic mass is 16.5. The first-order valence-electron chi connectivity index (χ1n) is 5.85. The maximum Gasteiger partial charge on any atom is 0.332 e. The summed E-state index contributed by atoms with van der Waals surface area (Å²) in [5, 5.41) is 0. The molecule has 0 radical (unpaired) electrons. The molecule has 0 aromatic carbocycles. The van der Waals surface area contributed by atoms with Crippen molar-refractivity contribution < 1.29 is 4.74 Å². The first kappa shape index (κ1) is 13.3. The quantitative estimate of drug-likeness (QED) is 0.760. The smallest absolute Gasteiger partial charge is 0.332 e. The second kappa shape index (κ2) is 4.88. The molecule has 8 nitrogen and oxygen atoms in total. The first-order chi connectivity index (χ1) is 8.91. The normalized spacial score (nSPS) is 11.4. The topological polar surface area (TPSA) is 85.2 Å². The van der Waals surface area contributed by atoms with Gasteiger partial charge in [-0.25, -0.2) is 4.79 Å². The van der Waals surface area contributed by atoms with E-state index >= 15 is 0 Å². The van der Waals surface area contributed by atoms with Crippen molar-refractivity contribution in [2.24, 2.45) is 14.1 Å². The molecule has 0 amide bonds. The largest absolute Gasteiger partial charge is 0.463 e. The molecule has 2 heterocycles. The lowest BCUT2D eigenvalue weighted by molar-refractivity contribution is 0.248. The zero-order valence-electron chi connectivity index (χ0n) is 11.4. The highest BCUT2D eigenvalue weighted by molar-refractivity contribution is 5.70. The fourth-order valence-electron chi connectivity index (χ4n) is 1.70. The van der Waals surface area contributed by atoms with Crippen molar-refractivity contribution in [1.29, 1.82) is 0 Å². The molecule has 0 saturated heterocycles. The number of aromatic amines is 1. The van der Waals surface area contributed by atoms with Crippen LogP contribution in [0.15, 0.2) is 9.59 Å². The van der Waals surface area contributed by atoms with Crippen LogP contribution in [0.5, 0.6) is 6.01 Å². The zero-order valence-corrected chi connectivity index (χ0v) is 11.4. The van der Waals surface area contributed by atoms with Crippen molar-refractivity contribution in [1.82, 2.24) is 24.0 Å². The third-order valence-corrected chi connectivity index (χ3v) is 2.85. The summed E-state index contributed by atoms with van der Waals surface area (Å²) in [4.78, 5) is 32.5. The molecule has 0 spiro atoms. The van der Waals surface area contributed by atoms with Crippen molar-refractivity contribution in [2.75, 3.05) is 27.2 Å². The molecule has 2 rings (SSSR count). The molecule has 1 N–H and O–H groups in total. The molecule has 0 unspecified atom stereocenters. The van der Waals surface area contributed by atoms with Crippen LogP contribution < -0.4 is 16.0 Å². The fourth-order valence-corrected chi connectivity index (χ4v) is 1.70. The van der Waals surface area contributed by atoms with Gasteiger partial charge in [0.2, 0.25) is 0 Å². The van der Waals surface area contributed by atoms with Gasteiger partial charge in [-0.1, -0.05) is 0 Å². The number of rotatable bonds is 4. The molecule has 0 aliphatic heterocycles. The van der Waals surface area contributed by atoms with Gasteiger partial charge in [0.05, 0.1) is 0 Å². The van der Waals surface area contributed by atoms with Crippen molar-refractivity contribution >= 4 is 11.2 Å². The van der Waals surface area contributed by atoms with E-state index in [4.69, 9.17) is 4.74 Å². The van der Waals surface area contributed by atoms with Gasteiger partial charge in [-0.2, -0.15) is 4.98 Å². The molecule has 8 heteroatoms. The third-order valence-electron chi connectivity index (χ3n) is 2.85. The van der Waals surface area contributed by atoms with Gasteiger partial charge in [0, 0.05) is 20.6 Å². The minimum absolute atomic E-state index is 0.246. The molecular weight excluding hydrogens is 250 g/mol. The Morgan fingerprint density at radius 1 is 1.26 bits per heavy atom. The van der Waals surface area contributed by atoms with Gasteiger partial charge in [-0.3, -0.25) is 13.9 Å². The maximum absolute atomic E-state index is 11.9. The summed E-state index contributed by atoms with van der Waals surface area (Å²) in [7, 11) is 6.86. The van der Waals surface area contributed by atoms with E-state index in [2.05, 4.69) is 9.97 Å². The SMILES string of the molecule is CN(C)CCOc1nc2c([nH]1)c(=O)n(C)c(=O)n2C. The number of fused-ring (bicyclic) bond motifs is 1. The van der Waals surface area contributed by atoms with E-state index in [0.29, 0.717) is 12.3 Å². The molecule has 0 saturated carbocycles. The number of hydrogen-bond donors (Lipinski definition) is 1. The lowest BCUT2D eigenvalue weighted by Gasteiger charge is -2.08. The number of imidazole rings is 1. The summed E-state index contributed by atoms with van der Waals surface area (Å²) in [6, 6.07) is 0.246. The van der Waals surface area contributed by atoms with E-state index in [1.165, 1.54) is 11.6 Å². The van der Waals surface area contributed by atoms with E-state index in [-0.39, 0.29) is 11.5 Å². The molecule has 2 aromatic rings. The number of aryl methyl sites for hydroxylation is 1. The Balaban J connectivity index is 2.41. The number of nitrogens with zero attached hydrogens (tertiary/aromatic N) is 4. The van der Waals surface area contributed by atoms with Crippen LogP contribution in [0, 0.1) is 0 Å². The van der Waals surface area contributed by atoms with Gasteiger partial charge < -0.3 is 14.6 Å². The van der Waals surface area contributed by atoms with Crippen LogP contribution in [-0.2, 0) is 14.1 Å². The van der Waals surface area contributed by atoms with E-state index in [9.17, 15) is 9.59 Å². The van der Waals surface area contributed by atoms with Crippen LogP contribution in [-0.4, -0.2) is 51.2 Å². The summed E-state index contributed by atoms with van der Waals surface area (Å²) in [5.74, 6) is 0. The number of ether oxygens (including phenoxy) is 1. The van der Waals surface area contributed by atoms with Gasteiger partial charge in [-0.15, -0.1) is 0 Å². The summed E-state index contributed by atoms with van der Waals surface area (Å²) in [6.45, 7) is 1.18. The predicted molar refractivity (Wildman–Crippen MR) is 70.6 cm³/mol. The van der Waals surface area contributed by atoms with E-state index in [1.54, 1.807) is 7.05 Å². The highest BCUT2D eigenvalue weighted by Gasteiger charge is 2.13. The lowest BCUT2D eigenvalue weighted by Crippen LogP contribution is -2.36. The molecule has 19 heavy (non-hydrogen) atoms. The van der Waals surface area contributed by atoms with Crippen molar-refractivity contribution in [3.8, 4) is 6.01 Å². The van der Waals surface area contributed by atoms with Gasteiger partial charge in [0.25, 0.3) is 11.6 Å². The average molecular weight is 267 g/mol. The van der Waals surface area contributed by atoms with Crippen molar-refractivity contribution in [3.05, 3.63) is 20.8 Å². The maximum atomic E-state index is 11.9. The Kier molecular flexibility index (Phi) is 3.43. The number of likely N-dealkylation sites (N-methyl/N-ethyl adjacent to an activating group) is 1. The molecule has 104 valence electrons. The Morgan fingerprint density at radius 3 is 2.58 bits per heavy atom. The van der Waals surface area contributed by atoms with Gasteiger partial charge in [-0.05, 0) is 14.1 Å². The summed E-state index contributed by atoms with van der Waals surface area (Å²) < 4.78 is 7.76. The van der Waals surface area contributed by atoms with E-state index in [0.717, 1.165) is 11.1 Å². The second-order valence-corrected chi connectivity index (χ2v) is 4.60. The van der Waals surface area contributed by atoms with Crippen LogP contribution in [0.4, 0.5) is 0 Å². The molecular formula is C11H17N5O3. The molecule has 2 aromatic heterocycles. The Hall–Kier alpha value is -2.09. The number of H-pyrrole nitrogens is 1. The molecule has 0 aliphatic carbocycles. The van der Waals surface area contributed by atoms with Crippen molar-refractivity contribution in [3.63, 3.8) is 0 Å². The minimum atomic E-state index is -0.413. The van der Waals surface area contributed by atoms with Crippen LogP contribution in [0.25, 0.3) is 11.2 Å². The van der Waals surface area contributed by atoms with Crippen LogP contribution in [0.2, 0.25) is 0 Å². The summed E-state index contributed by atoms with van der Waals surface area (Å²) in [6.07, 6.45) is 0. The Bertz CT molecular complexity index is 709. The molecule has 0 atom stereocenters. The lowest BCUT2D eigenvalue weighted by atomic mass is 10.5. The highest BCUT2D eigenvalue weighted by Crippen LogP contribution is 2.10.